The molecule has 0 bridgehead atoms. The van der Waals surface area contributed by atoms with Crippen molar-refractivity contribution >= 4 is 21.7 Å². The number of sulfonamides is 1. The standard InChI is InChI=1S/C29H27NO5S/c1-21-13-15-27(26(17-21)29(31)35-20-23-11-7-4-8-12-23)30-36(32,33)28-16-14-25(34-2)19-24(28)18-22-9-5-3-6-10-22/h3-17,19,30H,18,20H2,1-2H3. The molecule has 4 aromatic rings. The number of aryl methyl sites for hydroxylation is 1. The SMILES string of the molecule is COc1ccc(S(=O)(=O)Nc2ccc(C)cc2C(=O)OCc2ccccc2)c(Cc2ccccc2)c1. The van der Waals surface area contributed by atoms with Gasteiger partial charge in [-0.15, -0.1) is 0 Å². The fraction of sp³-hybridized carbons (Fsp3) is 0.138. The first-order valence-electron chi connectivity index (χ1n) is 11.4. The molecule has 4 rings (SSSR count). The minimum atomic E-state index is -4.04. The Labute approximate surface area is 211 Å². The molecule has 6 nitrogen and oxygen atoms in total. The Morgan fingerprint density at radius 1 is 0.833 bits per heavy atom. The van der Waals surface area contributed by atoms with E-state index < -0.39 is 16.0 Å². The molecule has 0 unspecified atom stereocenters. The molecule has 0 aliphatic carbocycles. The lowest BCUT2D eigenvalue weighted by atomic mass is 10.0. The molecule has 184 valence electrons. The molecular formula is C29H27NO5S. The van der Waals surface area contributed by atoms with Gasteiger partial charge in [0.05, 0.1) is 23.3 Å². The highest BCUT2D eigenvalue weighted by atomic mass is 32.2. The molecule has 0 atom stereocenters. The Hall–Kier alpha value is -4.10. The average Bonchev–Trinajstić information content (AvgIpc) is 2.89. The summed E-state index contributed by atoms with van der Waals surface area (Å²) in [5, 5.41) is 0. The molecule has 0 aliphatic rings. The van der Waals surface area contributed by atoms with Gasteiger partial charge in [0, 0.05) is 0 Å². The molecule has 0 radical (unpaired) electrons. The zero-order valence-electron chi connectivity index (χ0n) is 20.1. The van der Waals surface area contributed by atoms with Crippen LogP contribution in [0, 0.1) is 6.92 Å². The van der Waals surface area contributed by atoms with Crippen molar-refractivity contribution in [1.29, 1.82) is 0 Å². The Morgan fingerprint density at radius 3 is 2.17 bits per heavy atom. The van der Waals surface area contributed by atoms with Crippen LogP contribution in [0.15, 0.2) is 102 Å². The van der Waals surface area contributed by atoms with Crippen LogP contribution in [0.2, 0.25) is 0 Å². The summed E-state index contributed by atoms with van der Waals surface area (Å²) >= 11 is 0. The van der Waals surface area contributed by atoms with Crippen molar-refractivity contribution in [3.8, 4) is 5.75 Å². The third kappa shape index (κ3) is 6.12. The van der Waals surface area contributed by atoms with Crippen LogP contribution in [-0.2, 0) is 27.8 Å². The zero-order chi connectivity index (χ0) is 25.5. The third-order valence-corrected chi connectivity index (χ3v) is 7.11. The van der Waals surface area contributed by atoms with Crippen LogP contribution in [0.3, 0.4) is 0 Å². The number of esters is 1. The number of hydrogen-bond acceptors (Lipinski definition) is 5. The summed E-state index contributed by atoms with van der Waals surface area (Å²) in [6, 6.07) is 28.7. The molecule has 0 aliphatic heterocycles. The summed E-state index contributed by atoms with van der Waals surface area (Å²) in [4.78, 5) is 13.0. The topological polar surface area (TPSA) is 81.7 Å². The summed E-state index contributed by atoms with van der Waals surface area (Å²) in [5.41, 5.74) is 3.48. The van der Waals surface area contributed by atoms with E-state index in [1.165, 1.54) is 13.2 Å². The van der Waals surface area contributed by atoms with E-state index in [2.05, 4.69) is 4.72 Å². The number of rotatable bonds is 9. The van der Waals surface area contributed by atoms with E-state index in [9.17, 15) is 13.2 Å². The van der Waals surface area contributed by atoms with Crippen molar-refractivity contribution in [2.75, 3.05) is 11.8 Å². The monoisotopic (exact) mass is 501 g/mol. The van der Waals surface area contributed by atoms with Gasteiger partial charge in [-0.3, -0.25) is 4.72 Å². The van der Waals surface area contributed by atoms with Crippen LogP contribution in [0.1, 0.15) is 32.6 Å². The molecule has 4 aromatic carbocycles. The van der Waals surface area contributed by atoms with Gasteiger partial charge in [-0.05, 0) is 60.4 Å². The van der Waals surface area contributed by atoms with Gasteiger partial charge in [-0.25, -0.2) is 13.2 Å². The molecule has 0 saturated heterocycles. The van der Waals surface area contributed by atoms with E-state index in [0.29, 0.717) is 17.7 Å². The molecule has 1 N–H and O–H groups in total. The zero-order valence-corrected chi connectivity index (χ0v) is 20.9. The average molecular weight is 502 g/mol. The molecule has 36 heavy (non-hydrogen) atoms. The van der Waals surface area contributed by atoms with Crippen LogP contribution in [0.5, 0.6) is 5.75 Å². The van der Waals surface area contributed by atoms with E-state index in [-0.39, 0.29) is 22.8 Å². The van der Waals surface area contributed by atoms with Crippen LogP contribution in [0.4, 0.5) is 5.69 Å². The second-order valence-electron chi connectivity index (χ2n) is 8.35. The van der Waals surface area contributed by atoms with Crippen molar-refractivity contribution in [3.63, 3.8) is 0 Å². The number of carbonyl (C=O) groups excluding carboxylic acids is 1. The lowest BCUT2D eigenvalue weighted by Gasteiger charge is -2.16. The number of anilines is 1. The van der Waals surface area contributed by atoms with Gasteiger partial charge in [0.25, 0.3) is 10.0 Å². The van der Waals surface area contributed by atoms with E-state index in [4.69, 9.17) is 9.47 Å². The first-order chi connectivity index (χ1) is 17.4. The van der Waals surface area contributed by atoms with E-state index in [0.717, 1.165) is 16.7 Å². The lowest BCUT2D eigenvalue weighted by molar-refractivity contribution is 0.0474. The Kier molecular flexibility index (Phi) is 7.71. The maximum absolute atomic E-state index is 13.5. The van der Waals surface area contributed by atoms with E-state index in [1.54, 1.807) is 30.3 Å². The van der Waals surface area contributed by atoms with Crippen LogP contribution in [-0.4, -0.2) is 21.5 Å². The lowest BCUT2D eigenvalue weighted by Crippen LogP contribution is -2.18. The maximum Gasteiger partial charge on any atom is 0.340 e. The summed E-state index contributed by atoms with van der Waals surface area (Å²) in [6.45, 7) is 1.91. The minimum absolute atomic E-state index is 0.0828. The molecule has 0 aromatic heterocycles. The Balaban J connectivity index is 1.64. The third-order valence-electron chi connectivity index (χ3n) is 5.65. The number of carbonyl (C=O) groups is 1. The Bertz CT molecular complexity index is 1450. The largest absolute Gasteiger partial charge is 0.497 e. The number of hydrogen-bond donors (Lipinski definition) is 1. The molecule has 0 fully saturated rings. The summed E-state index contributed by atoms with van der Waals surface area (Å²) in [5.74, 6) is -0.0557. The fourth-order valence-corrected chi connectivity index (χ4v) is 5.12. The highest BCUT2D eigenvalue weighted by Gasteiger charge is 2.23. The fourth-order valence-electron chi connectivity index (χ4n) is 3.82. The van der Waals surface area contributed by atoms with Gasteiger partial charge in [-0.1, -0.05) is 72.3 Å². The highest BCUT2D eigenvalue weighted by Crippen LogP contribution is 2.28. The molecular weight excluding hydrogens is 474 g/mol. The number of methoxy groups -OCH3 is 1. The van der Waals surface area contributed by atoms with Gasteiger partial charge < -0.3 is 9.47 Å². The van der Waals surface area contributed by atoms with Crippen LogP contribution >= 0.6 is 0 Å². The number of ether oxygens (including phenoxy) is 2. The van der Waals surface area contributed by atoms with Gasteiger partial charge >= 0.3 is 5.97 Å². The van der Waals surface area contributed by atoms with Gasteiger partial charge in [-0.2, -0.15) is 0 Å². The van der Waals surface area contributed by atoms with Gasteiger partial charge in [0.15, 0.2) is 0 Å². The molecule has 7 heteroatoms. The van der Waals surface area contributed by atoms with Gasteiger partial charge in [0.2, 0.25) is 0 Å². The van der Waals surface area contributed by atoms with Crippen LogP contribution in [0.25, 0.3) is 0 Å². The second-order valence-corrected chi connectivity index (χ2v) is 10.0. The van der Waals surface area contributed by atoms with Crippen molar-refractivity contribution < 1.29 is 22.7 Å². The summed E-state index contributed by atoms with van der Waals surface area (Å²) in [6.07, 6.45) is 0.397. The predicted octanol–water partition coefficient (Wildman–Crippen LogP) is 5.75. The van der Waals surface area contributed by atoms with Crippen LogP contribution < -0.4 is 9.46 Å². The smallest absolute Gasteiger partial charge is 0.340 e. The van der Waals surface area contributed by atoms with Crippen molar-refractivity contribution in [1.82, 2.24) is 0 Å². The van der Waals surface area contributed by atoms with E-state index >= 15 is 0 Å². The predicted molar refractivity (Wildman–Crippen MR) is 140 cm³/mol. The maximum atomic E-state index is 13.5. The van der Waals surface area contributed by atoms with Crippen molar-refractivity contribution in [3.05, 3.63) is 125 Å². The molecule has 0 saturated carbocycles. The van der Waals surface area contributed by atoms with Crippen molar-refractivity contribution in [2.45, 2.75) is 24.8 Å². The highest BCUT2D eigenvalue weighted by molar-refractivity contribution is 7.92. The Morgan fingerprint density at radius 2 is 1.50 bits per heavy atom. The molecule has 0 amide bonds. The minimum Gasteiger partial charge on any atom is -0.497 e. The van der Waals surface area contributed by atoms with Crippen molar-refractivity contribution in [2.24, 2.45) is 0 Å². The number of benzene rings is 4. The molecule has 0 heterocycles. The van der Waals surface area contributed by atoms with E-state index in [1.807, 2.05) is 67.6 Å². The van der Waals surface area contributed by atoms with Gasteiger partial charge in [0.1, 0.15) is 12.4 Å². The molecule has 0 spiro atoms. The first kappa shape index (κ1) is 25.0. The summed E-state index contributed by atoms with van der Waals surface area (Å²) < 4.78 is 40.5. The quantitative estimate of drug-likeness (QED) is 0.295. The second kappa shape index (κ2) is 11.1. The normalized spacial score (nSPS) is 11.1. The summed E-state index contributed by atoms with van der Waals surface area (Å²) in [7, 11) is -2.50. The number of nitrogens with one attached hydrogen (secondary N) is 1. The first-order valence-corrected chi connectivity index (χ1v) is 12.9.